The van der Waals surface area contributed by atoms with Crippen LogP contribution in [-0.4, -0.2) is 54.4 Å². The fraction of sp³-hybridized carbons (Fsp3) is 0.500. The van der Waals surface area contributed by atoms with Gasteiger partial charge < -0.3 is 9.80 Å². The molecule has 1 amide bonds. The van der Waals surface area contributed by atoms with Crippen LogP contribution < -0.4 is 0 Å². The lowest BCUT2D eigenvalue weighted by atomic mass is 9.71. The first kappa shape index (κ1) is 19.1. The number of aromatic nitrogens is 1. The number of carbonyl (C=O) groups is 1. The summed E-state index contributed by atoms with van der Waals surface area (Å²) in [5.41, 5.74) is 3.35. The maximum atomic E-state index is 13.3. The highest BCUT2D eigenvalue weighted by Crippen LogP contribution is 2.40. The predicted octanol–water partition coefficient (Wildman–Crippen LogP) is 3.87. The topological polar surface area (TPSA) is 36.4 Å². The maximum absolute atomic E-state index is 13.3. The minimum absolute atomic E-state index is 0.281. The quantitative estimate of drug-likeness (QED) is 0.767. The number of nitrogens with zero attached hydrogens (tertiary/aromatic N) is 3. The second-order valence-corrected chi connectivity index (χ2v) is 8.79. The lowest BCUT2D eigenvalue weighted by molar-refractivity contribution is -0.142. The normalized spacial score (nSPS) is 19.4. The molecule has 2 aliphatic rings. The fourth-order valence-electron chi connectivity index (χ4n) is 4.62. The first-order chi connectivity index (χ1) is 13.6. The van der Waals surface area contributed by atoms with Gasteiger partial charge in [0, 0.05) is 33.0 Å². The molecule has 1 aliphatic carbocycles. The summed E-state index contributed by atoms with van der Waals surface area (Å²) in [6, 6.07) is 12.6. The Morgan fingerprint density at radius 2 is 1.79 bits per heavy atom. The number of hydrogen-bond donors (Lipinski definition) is 0. The third-order valence-electron chi connectivity index (χ3n) is 6.42. The lowest BCUT2D eigenvalue weighted by Gasteiger charge is -2.42. The van der Waals surface area contributed by atoms with Crippen LogP contribution >= 0.6 is 0 Å². The Balaban J connectivity index is 1.60. The molecule has 4 nitrogen and oxygen atoms in total. The van der Waals surface area contributed by atoms with E-state index >= 15 is 0 Å². The Morgan fingerprint density at radius 1 is 1.11 bits per heavy atom. The van der Waals surface area contributed by atoms with Crippen molar-refractivity contribution in [3.63, 3.8) is 0 Å². The third-order valence-corrected chi connectivity index (χ3v) is 6.42. The molecular formula is C24H31N3O. The number of pyridine rings is 1. The van der Waals surface area contributed by atoms with Crippen LogP contribution in [0.1, 0.15) is 31.2 Å². The van der Waals surface area contributed by atoms with Crippen LogP contribution in [0.2, 0.25) is 0 Å². The molecule has 0 spiro atoms. The molecule has 1 saturated heterocycles. The van der Waals surface area contributed by atoms with E-state index < -0.39 is 0 Å². The Hall–Kier alpha value is -2.20. The molecule has 1 aliphatic heterocycles. The minimum Gasteiger partial charge on any atom is -0.348 e. The molecule has 148 valence electrons. The molecule has 0 radical (unpaired) electrons. The van der Waals surface area contributed by atoms with Crippen molar-refractivity contribution in [2.24, 2.45) is 11.3 Å². The van der Waals surface area contributed by atoms with Gasteiger partial charge in [-0.15, -0.1) is 0 Å². The van der Waals surface area contributed by atoms with E-state index in [2.05, 4.69) is 46.3 Å². The lowest BCUT2D eigenvalue weighted by Crippen LogP contribution is -2.50. The second kappa shape index (κ2) is 8.04. The van der Waals surface area contributed by atoms with Gasteiger partial charge in [-0.3, -0.25) is 9.78 Å². The number of benzene rings is 1. The Labute approximate surface area is 168 Å². The van der Waals surface area contributed by atoms with Crippen LogP contribution in [0, 0.1) is 11.3 Å². The van der Waals surface area contributed by atoms with Crippen LogP contribution in [-0.2, 0) is 11.2 Å². The molecule has 2 aromatic rings. The molecule has 1 aromatic carbocycles. The Morgan fingerprint density at radius 3 is 2.43 bits per heavy atom. The molecule has 0 unspecified atom stereocenters. The van der Waals surface area contributed by atoms with Crippen LogP contribution in [0.5, 0.6) is 0 Å². The van der Waals surface area contributed by atoms with E-state index in [4.69, 9.17) is 0 Å². The molecule has 0 N–H and O–H groups in total. The van der Waals surface area contributed by atoms with E-state index in [-0.39, 0.29) is 11.3 Å². The van der Waals surface area contributed by atoms with E-state index in [0.717, 1.165) is 38.3 Å². The highest BCUT2D eigenvalue weighted by molar-refractivity contribution is 5.83. The second-order valence-electron chi connectivity index (χ2n) is 8.79. The average molecular weight is 378 g/mol. The summed E-state index contributed by atoms with van der Waals surface area (Å²) >= 11 is 0. The average Bonchev–Trinajstić information content (AvgIpc) is 3.54. The van der Waals surface area contributed by atoms with E-state index in [1.54, 1.807) is 4.90 Å². The predicted molar refractivity (Wildman–Crippen MR) is 113 cm³/mol. The van der Waals surface area contributed by atoms with Crippen LogP contribution in [0.4, 0.5) is 0 Å². The first-order valence-corrected chi connectivity index (χ1v) is 10.5. The van der Waals surface area contributed by atoms with Gasteiger partial charge in [-0.25, -0.2) is 0 Å². The van der Waals surface area contributed by atoms with Crippen LogP contribution in [0.15, 0.2) is 48.8 Å². The number of hydrogen-bond acceptors (Lipinski definition) is 3. The molecule has 0 atom stereocenters. The molecule has 4 rings (SSSR count). The zero-order valence-electron chi connectivity index (χ0n) is 17.1. The smallest absolute Gasteiger partial charge is 0.228 e. The van der Waals surface area contributed by atoms with Crippen molar-refractivity contribution in [1.82, 2.24) is 14.8 Å². The van der Waals surface area contributed by atoms with Gasteiger partial charge >= 0.3 is 0 Å². The van der Waals surface area contributed by atoms with Gasteiger partial charge in [-0.1, -0.05) is 24.3 Å². The summed E-state index contributed by atoms with van der Waals surface area (Å²) < 4.78 is 0. The Bertz CT molecular complexity index is 806. The van der Waals surface area contributed by atoms with Crippen molar-refractivity contribution in [1.29, 1.82) is 0 Å². The van der Waals surface area contributed by atoms with Gasteiger partial charge in [-0.05, 0) is 79.9 Å². The highest BCUT2D eigenvalue weighted by atomic mass is 16.2. The molecule has 2 fully saturated rings. The van der Waals surface area contributed by atoms with E-state index in [9.17, 15) is 4.79 Å². The van der Waals surface area contributed by atoms with Crippen molar-refractivity contribution < 1.29 is 4.79 Å². The van der Waals surface area contributed by atoms with Crippen molar-refractivity contribution >= 4 is 5.91 Å². The number of rotatable bonds is 6. The van der Waals surface area contributed by atoms with Crippen molar-refractivity contribution in [3.05, 3.63) is 54.4 Å². The van der Waals surface area contributed by atoms with Gasteiger partial charge in [0.15, 0.2) is 0 Å². The third kappa shape index (κ3) is 4.12. The van der Waals surface area contributed by atoms with Crippen molar-refractivity contribution in [2.45, 2.75) is 32.1 Å². The molecule has 28 heavy (non-hydrogen) atoms. The summed E-state index contributed by atoms with van der Waals surface area (Å²) in [4.78, 5) is 21.8. The Kier molecular flexibility index (Phi) is 5.49. The first-order valence-electron chi connectivity index (χ1n) is 10.5. The van der Waals surface area contributed by atoms with E-state index in [1.165, 1.54) is 36.1 Å². The van der Waals surface area contributed by atoms with Crippen LogP contribution in [0.25, 0.3) is 11.1 Å². The number of likely N-dealkylation sites (tertiary alicyclic amines) is 1. The van der Waals surface area contributed by atoms with Gasteiger partial charge in [0.1, 0.15) is 0 Å². The molecule has 1 saturated carbocycles. The zero-order chi connectivity index (χ0) is 19.6. The summed E-state index contributed by atoms with van der Waals surface area (Å²) in [5, 5.41) is 0. The van der Waals surface area contributed by atoms with Gasteiger partial charge in [0.05, 0.1) is 5.41 Å². The minimum atomic E-state index is -0.299. The summed E-state index contributed by atoms with van der Waals surface area (Å²) in [6.45, 7) is 3.29. The van der Waals surface area contributed by atoms with Gasteiger partial charge in [0.25, 0.3) is 0 Å². The molecule has 0 bridgehead atoms. The zero-order valence-corrected chi connectivity index (χ0v) is 17.1. The standard InChI is InChI=1S/C24H31N3O/c1-26(2)23(28)24(11-15-27(16-12-24)18-19-7-8-19)17-21-5-3-4-6-22(21)20-9-13-25-14-10-20/h3-6,9-10,13-14,19H,7-8,11-12,15-18H2,1-2H3. The maximum Gasteiger partial charge on any atom is 0.228 e. The summed E-state index contributed by atoms with van der Waals surface area (Å²) in [7, 11) is 3.80. The van der Waals surface area contributed by atoms with Crippen molar-refractivity contribution in [2.75, 3.05) is 33.7 Å². The number of piperidine rings is 1. The largest absolute Gasteiger partial charge is 0.348 e. The van der Waals surface area contributed by atoms with E-state index in [1.807, 2.05) is 26.5 Å². The SMILES string of the molecule is CN(C)C(=O)C1(Cc2ccccc2-c2ccncc2)CCN(CC2CC2)CC1. The van der Waals surface area contributed by atoms with Gasteiger partial charge in [0.2, 0.25) is 5.91 Å². The molecule has 2 heterocycles. The number of amides is 1. The monoisotopic (exact) mass is 377 g/mol. The fourth-order valence-corrected chi connectivity index (χ4v) is 4.62. The van der Waals surface area contributed by atoms with Gasteiger partial charge in [-0.2, -0.15) is 0 Å². The van der Waals surface area contributed by atoms with E-state index in [0.29, 0.717) is 0 Å². The molecular weight excluding hydrogens is 346 g/mol. The molecule has 4 heteroatoms. The van der Waals surface area contributed by atoms with Crippen molar-refractivity contribution in [3.8, 4) is 11.1 Å². The van der Waals surface area contributed by atoms with Crippen LogP contribution in [0.3, 0.4) is 0 Å². The summed E-state index contributed by atoms with van der Waals surface area (Å²) in [5.74, 6) is 1.19. The summed E-state index contributed by atoms with van der Waals surface area (Å²) in [6.07, 6.45) is 9.14. The highest BCUT2D eigenvalue weighted by Gasteiger charge is 2.43. The molecule has 1 aromatic heterocycles. The number of carbonyl (C=O) groups excluding carboxylic acids is 1.